The third kappa shape index (κ3) is 7.33. The molecular weight excluding hydrogens is 621 g/mol. The number of aliphatic hydroxyl groups is 1. The van der Waals surface area contributed by atoms with Crippen molar-refractivity contribution in [2.75, 3.05) is 24.5 Å². The molecular formula is C39H50FN5O4. The second kappa shape index (κ2) is 12.7. The lowest BCUT2D eigenvalue weighted by Gasteiger charge is -2.53. The minimum atomic E-state index is -1.68. The number of carbonyl (C=O) groups is 1. The molecule has 1 saturated heterocycles. The van der Waals surface area contributed by atoms with E-state index in [4.69, 9.17) is 15.8 Å². The van der Waals surface area contributed by atoms with Gasteiger partial charge in [0.2, 0.25) is 0 Å². The molecule has 7 rings (SSSR count). The van der Waals surface area contributed by atoms with Crippen LogP contribution in [0, 0.1) is 17.9 Å². The summed E-state index contributed by atoms with van der Waals surface area (Å²) in [5.74, 6) is 1.42. The number of urea groups is 1. The first kappa shape index (κ1) is 34.9. The number of aromatic nitrogens is 2. The van der Waals surface area contributed by atoms with Crippen LogP contribution in [-0.2, 0) is 11.1 Å². The SMILES string of the molecule is [C-]#[N+]C(C)(C)Oc1ccc(-c2cccc(N(CC34CCC(c5noc(C(C)(C)F)n5)(CC3)CC4)C(=O)N3CCC(C(C)(C)O)CC3)c2)cc1. The van der Waals surface area contributed by atoms with E-state index in [1.165, 1.54) is 13.8 Å². The van der Waals surface area contributed by atoms with Crippen molar-refractivity contribution in [2.24, 2.45) is 11.3 Å². The number of benzene rings is 2. The van der Waals surface area contributed by atoms with Gasteiger partial charge < -0.3 is 19.3 Å². The molecule has 1 aromatic heterocycles. The van der Waals surface area contributed by atoms with Gasteiger partial charge in [-0.05, 0) is 126 Å². The molecule has 3 aromatic rings. The van der Waals surface area contributed by atoms with E-state index >= 15 is 0 Å². The number of halogens is 1. The van der Waals surface area contributed by atoms with E-state index in [0.29, 0.717) is 31.2 Å². The predicted molar refractivity (Wildman–Crippen MR) is 187 cm³/mol. The summed E-state index contributed by atoms with van der Waals surface area (Å²) in [5.41, 5.74) is -0.849. The van der Waals surface area contributed by atoms with Gasteiger partial charge in [0.25, 0.3) is 5.89 Å². The summed E-state index contributed by atoms with van der Waals surface area (Å²) in [4.78, 5) is 26.5. The van der Waals surface area contributed by atoms with Crippen LogP contribution in [0.5, 0.6) is 5.75 Å². The summed E-state index contributed by atoms with van der Waals surface area (Å²) in [5, 5.41) is 14.9. The first-order valence-electron chi connectivity index (χ1n) is 17.6. The maximum Gasteiger partial charge on any atom is 0.369 e. The highest BCUT2D eigenvalue weighted by Gasteiger charge is 2.53. The highest BCUT2D eigenvalue weighted by molar-refractivity contribution is 5.93. The maximum atomic E-state index is 14.6. The molecule has 49 heavy (non-hydrogen) atoms. The van der Waals surface area contributed by atoms with Crippen molar-refractivity contribution in [3.63, 3.8) is 0 Å². The number of likely N-dealkylation sites (tertiary alicyclic amines) is 1. The lowest BCUT2D eigenvalue weighted by molar-refractivity contribution is -0.00771. The van der Waals surface area contributed by atoms with Gasteiger partial charge in [-0.3, -0.25) is 9.74 Å². The topological polar surface area (TPSA) is 96.3 Å². The Balaban J connectivity index is 1.25. The number of piperidine rings is 1. The molecule has 0 spiro atoms. The van der Waals surface area contributed by atoms with Gasteiger partial charge in [-0.2, -0.15) is 4.98 Å². The lowest BCUT2D eigenvalue weighted by atomic mass is 9.53. The summed E-state index contributed by atoms with van der Waals surface area (Å²) >= 11 is 0. The molecule has 4 aliphatic rings. The molecule has 0 unspecified atom stereocenters. The van der Waals surface area contributed by atoms with Crippen LogP contribution < -0.4 is 9.64 Å². The summed E-state index contributed by atoms with van der Waals surface area (Å²) in [6.07, 6.45) is 6.90. The highest BCUT2D eigenvalue weighted by Crippen LogP contribution is 2.58. The van der Waals surface area contributed by atoms with Crippen molar-refractivity contribution in [1.29, 1.82) is 0 Å². The van der Waals surface area contributed by atoms with E-state index < -0.39 is 17.0 Å². The number of fused-ring (bicyclic) bond motifs is 3. The van der Waals surface area contributed by atoms with Crippen molar-refractivity contribution >= 4 is 11.7 Å². The molecule has 1 aliphatic heterocycles. The molecule has 9 nitrogen and oxygen atoms in total. The van der Waals surface area contributed by atoms with Crippen molar-refractivity contribution < 1.29 is 23.6 Å². The molecule has 2 bridgehead atoms. The Bertz CT molecular complexity index is 1660. The van der Waals surface area contributed by atoms with Crippen molar-refractivity contribution in [1.82, 2.24) is 15.0 Å². The molecule has 3 aliphatic carbocycles. The van der Waals surface area contributed by atoms with Crippen LogP contribution in [-0.4, -0.2) is 57.1 Å². The zero-order valence-electron chi connectivity index (χ0n) is 29.8. The monoisotopic (exact) mass is 671 g/mol. The van der Waals surface area contributed by atoms with E-state index in [0.717, 1.165) is 68.2 Å². The second-order valence-corrected chi connectivity index (χ2v) is 16.2. The summed E-state index contributed by atoms with van der Waals surface area (Å²) < 4.78 is 25.8. The van der Waals surface area contributed by atoms with Crippen molar-refractivity contribution in [3.05, 3.63) is 71.7 Å². The Morgan fingerprint density at radius 3 is 2.20 bits per heavy atom. The molecule has 0 radical (unpaired) electrons. The number of hydrogen-bond donors (Lipinski definition) is 1. The van der Waals surface area contributed by atoms with Crippen LogP contribution in [0.1, 0.15) is 105 Å². The molecule has 2 amide bonds. The van der Waals surface area contributed by atoms with Gasteiger partial charge in [0, 0.05) is 30.7 Å². The summed E-state index contributed by atoms with van der Waals surface area (Å²) in [6, 6.07) is 15.9. The Labute approximate surface area is 289 Å². The van der Waals surface area contributed by atoms with Crippen LogP contribution in [0.3, 0.4) is 0 Å². The molecule has 1 N–H and O–H groups in total. The van der Waals surface area contributed by atoms with Crippen molar-refractivity contribution in [3.8, 4) is 16.9 Å². The Morgan fingerprint density at radius 1 is 1.02 bits per heavy atom. The molecule has 2 heterocycles. The van der Waals surface area contributed by atoms with Crippen LogP contribution in [0.25, 0.3) is 16.0 Å². The molecule has 4 fully saturated rings. The number of hydrogen-bond acceptors (Lipinski definition) is 6. The van der Waals surface area contributed by atoms with E-state index in [2.05, 4.69) is 21.1 Å². The van der Waals surface area contributed by atoms with Crippen LogP contribution in [0.15, 0.2) is 53.1 Å². The molecule has 3 saturated carbocycles. The van der Waals surface area contributed by atoms with Gasteiger partial charge >= 0.3 is 11.8 Å². The van der Waals surface area contributed by atoms with E-state index in [-0.39, 0.29) is 28.7 Å². The van der Waals surface area contributed by atoms with E-state index in [9.17, 15) is 14.3 Å². The number of rotatable bonds is 9. The molecule has 0 atom stereocenters. The van der Waals surface area contributed by atoms with Crippen LogP contribution in [0.2, 0.25) is 0 Å². The Morgan fingerprint density at radius 2 is 1.65 bits per heavy atom. The Kier molecular flexibility index (Phi) is 9.06. The lowest BCUT2D eigenvalue weighted by Crippen LogP contribution is -2.54. The minimum absolute atomic E-state index is 0.00115. The standard InChI is InChI=1S/C39H50FN5O4/c1-35(2,40)33-42-32(43-49-33)39-20-17-38(18-21-39,19-22-39)26-45(34(46)44-23-15-29(16-24-44)36(3,4)47)30-10-8-9-28(25-30)27-11-13-31(14-12-27)48-37(5,6)41-7/h8-14,25,29,47H,15-24,26H2,1-6H3. The molecule has 2 aromatic carbocycles. The number of ether oxygens (including phenoxy) is 1. The van der Waals surface area contributed by atoms with E-state index in [1.807, 2.05) is 66.1 Å². The van der Waals surface area contributed by atoms with Gasteiger partial charge in [-0.25, -0.2) is 15.8 Å². The first-order chi connectivity index (χ1) is 23.0. The predicted octanol–water partition coefficient (Wildman–Crippen LogP) is 8.68. The third-order valence-corrected chi connectivity index (χ3v) is 11.3. The van der Waals surface area contributed by atoms with Gasteiger partial charge in [0.1, 0.15) is 5.75 Å². The zero-order chi connectivity index (χ0) is 35.2. The fourth-order valence-electron chi connectivity index (χ4n) is 7.95. The van der Waals surface area contributed by atoms with Crippen LogP contribution in [0.4, 0.5) is 14.9 Å². The van der Waals surface area contributed by atoms with Gasteiger partial charge in [0.05, 0.1) is 19.4 Å². The largest absolute Gasteiger partial charge is 0.422 e. The number of nitrogens with zero attached hydrogens (tertiary/aromatic N) is 5. The molecule has 262 valence electrons. The summed E-state index contributed by atoms with van der Waals surface area (Å²) in [7, 11) is 0. The van der Waals surface area contributed by atoms with Gasteiger partial charge in [0.15, 0.2) is 11.5 Å². The molecule has 10 heteroatoms. The third-order valence-electron chi connectivity index (χ3n) is 11.3. The fourth-order valence-corrected chi connectivity index (χ4v) is 7.95. The number of carbonyl (C=O) groups excluding carboxylic acids is 1. The minimum Gasteiger partial charge on any atom is -0.422 e. The van der Waals surface area contributed by atoms with E-state index in [1.54, 1.807) is 13.8 Å². The van der Waals surface area contributed by atoms with Gasteiger partial charge in [-0.15, -0.1) is 0 Å². The highest BCUT2D eigenvalue weighted by atomic mass is 19.1. The van der Waals surface area contributed by atoms with Crippen LogP contribution >= 0.6 is 0 Å². The number of amides is 2. The second-order valence-electron chi connectivity index (χ2n) is 16.2. The quantitative estimate of drug-likeness (QED) is 0.229. The fraction of sp³-hybridized carbons (Fsp3) is 0.590. The average molecular weight is 672 g/mol. The number of anilines is 1. The maximum absolute atomic E-state index is 14.6. The van der Waals surface area contributed by atoms with Gasteiger partial charge in [-0.1, -0.05) is 29.4 Å². The number of alkyl halides is 1. The smallest absolute Gasteiger partial charge is 0.369 e. The average Bonchev–Trinajstić information content (AvgIpc) is 3.60. The zero-order valence-corrected chi connectivity index (χ0v) is 29.8. The summed E-state index contributed by atoms with van der Waals surface area (Å²) in [6.45, 7) is 19.2. The normalized spacial score (nSPS) is 23.3. The first-order valence-corrected chi connectivity index (χ1v) is 17.6. The Hall–Kier alpha value is -3.97. The van der Waals surface area contributed by atoms with Crippen molar-refractivity contribution in [2.45, 2.75) is 115 Å².